The van der Waals surface area contributed by atoms with Gasteiger partial charge in [0, 0.05) is 55.8 Å². The van der Waals surface area contributed by atoms with Gasteiger partial charge in [-0.2, -0.15) is 5.10 Å². The summed E-state index contributed by atoms with van der Waals surface area (Å²) in [6.07, 6.45) is 8.76. The maximum atomic E-state index is 13.6. The number of benzene rings is 1. The van der Waals surface area contributed by atoms with E-state index in [1.807, 2.05) is 24.1 Å². The molecule has 2 aromatic heterocycles. The summed E-state index contributed by atoms with van der Waals surface area (Å²) in [4.78, 5) is 24.8. The number of hydrogen-bond donors (Lipinski definition) is 0. The minimum absolute atomic E-state index is 0.0842. The highest BCUT2D eigenvalue weighted by atomic mass is 19.1. The molecule has 0 bridgehead atoms. The molecule has 0 N–H and O–H groups in total. The monoisotopic (exact) mass is 491 g/mol. The molecule has 2 saturated heterocycles. The fraction of sp³-hybridized carbons (Fsp3) is 0.500. The van der Waals surface area contributed by atoms with Gasteiger partial charge >= 0.3 is 0 Å². The Balaban J connectivity index is 1.31. The Morgan fingerprint density at radius 3 is 2.44 bits per heavy atom. The molecule has 0 unspecified atom stereocenters. The van der Waals surface area contributed by atoms with Gasteiger partial charge in [0.15, 0.2) is 0 Å². The highest BCUT2D eigenvalue weighted by Crippen LogP contribution is 2.54. The third kappa shape index (κ3) is 4.40. The highest BCUT2D eigenvalue weighted by molar-refractivity contribution is 5.68. The smallest absolute Gasteiger partial charge is 0.271 e. The molecule has 0 atom stereocenters. The second kappa shape index (κ2) is 8.83. The first kappa shape index (κ1) is 22.9. The lowest BCUT2D eigenvalue weighted by Gasteiger charge is -2.34. The maximum Gasteiger partial charge on any atom is 0.271 e. The van der Waals surface area contributed by atoms with Crippen molar-refractivity contribution in [1.29, 1.82) is 0 Å². The van der Waals surface area contributed by atoms with Crippen LogP contribution in [0.2, 0.25) is 0 Å². The van der Waals surface area contributed by atoms with Crippen molar-refractivity contribution in [3.05, 3.63) is 52.5 Å². The Hall–Kier alpha value is -3.56. The fourth-order valence-corrected chi connectivity index (χ4v) is 5.45. The van der Waals surface area contributed by atoms with Crippen LogP contribution in [0, 0.1) is 22.5 Å². The van der Waals surface area contributed by atoms with Gasteiger partial charge in [0.05, 0.1) is 28.2 Å². The number of nitrogens with zero attached hydrogens (tertiary/aromatic N) is 7. The van der Waals surface area contributed by atoms with E-state index in [2.05, 4.69) is 15.0 Å². The van der Waals surface area contributed by atoms with Crippen LogP contribution in [0.25, 0.3) is 16.9 Å². The molecule has 1 aliphatic carbocycles. The normalized spacial score (nSPS) is 19.6. The van der Waals surface area contributed by atoms with Crippen LogP contribution in [-0.2, 0) is 0 Å². The van der Waals surface area contributed by atoms with E-state index in [4.69, 9.17) is 4.98 Å². The van der Waals surface area contributed by atoms with E-state index in [0.29, 0.717) is 37.3 Å². The number of aryl methyl sites for hydroxylation is 1. The molecular formula is C26H30FN7O2. The average molecular weight is 492 g/mol. The Morgan fingerprint density at radius 1 is 1.00 bits per heavy atom. The summed E-state index contributed by atoms with van der Waals surface area (Å²) < 4.78 is 15.4. The quantitative estimate of drug-likeness (QED) is 0.371. The predicted molar refractivity (Wildman–Crippen MR) is 135 cm³/mol. The average Bonchev–Trinajstić information content (AvgIpc) is 3.44. The van der Waals surface area contributed by atoms with Crippen LogP contribution in [0.5, 0.6) is 0 Å². The van der Waals surface area contributed by atoms with Gasteiger partial charge in [0.25, 0.3) is 5.69 Å². The number of hydrogen-bond acceptors (Lipinski definition) is 7. The third-order valence-electron chi connectivity index (χ3n) is 7.97. The van der Waals surface area contributed by atoms with Crippen molar-refractivity contribution in [2.45, 2.75) is 51.6 Å². The van der Waals surface area contributed by atoms with Crippen molar-refractivity contribution in [3.63, 3.8) is 0 Å². The van der Waals surface area contributed by atoms with E-state index in [1.54, 1.807) is 23.0 Å². The van der Waals surface area contributed by atoms with Crippen LogP contribution in [0.15, 0.2) is 36.7 Å². The molecule has 2 aliphatic heterocycles. The number of piperidine rings is 2. The number of non-ortho nitro benzene ring substituents is 1. The summed E-state index contributed by atoms with van der Waals surface area (Å²) >= 11 is 0. The lowest BCUT2D eigenvalue weighted by Crippen LogP contribution is -2.35. The molecule has 6 rings (SSSR count). The third-order valence-corrected chi connectivity index (χ3v) is 7.97. The molecule has 0 radical (unpaired) electrons. The van der Waals surface area contributed by atoms with Crippen LogP contribution >= 0.6 is 0 Å². The van der Waals surface area contributed by atoms with Crippen molar-refractivity contribution < 1.29 is 9.31 Å². The second-order valence-electron chi connectivity index (χ2n) is 10.4. The molecule has 36 heavy (non-hydrogen) atoms. The molecule has 0 amide bonds. The summed E-state index contributed by atoms with van der Waals surface area (Å²) in [5.74, 6) is 0.614. The standard InChI is InChI=1S/C26H30FN7O2/c1-18-14-22(30-25(29-18)32-10-4-20(27)5-11-32)19-16-28-33(17-19)23-3-2-21(34(35)36)15-24(23)31-12-8-26(6-7-26)9-13-31/h2-3,14-17,20H,4-13H2,1H3. The lowest BCUT2D eigenvalue weighted by atomic mass is 9.93. The lowest BCUT2D eigenvalue weighted by molar-refractivity contribution is -0.384. The van der Waals surface area contributed by atoms with E-state index in [0.717, 1.165) is 54.3 Å². The van der Waals surface area contributed by atoms with Crippen LogP contribution in [0.4, 0.5) is 21.7 Å². The summed E-state index contributed by atoms with van der Waals surface area (Å²) in [5.41, 5.74) is 4.67. The fourth-order valence-electron chi connectivity index (χ4n) is 5.45. The molecule has 1 saturated carbocycles. The number of nitro groups is 1. The van der Waals surface area contributed by atoms with Crippen LogP contribution in [0.1, 0.15) is 44.2 Å². The minimum atomic E-state index is -0.755. The number of alkyl halides is 1. The molecule has 9 nitrogen and oxygen atoms in total. The molecule has 3 aliphatic rings. The maximum absolute atomic E-state index is 13.6. The molecule has 3 aromatic rings. The molecule has 188 valence electrons. The molecule has 1 spiro atoms. The first-order valence-electron chi connectivity index (χ1n) is 12.7. The van der Waals surface area contributed by atoms with Gasteiger partial charge in [0.2, 0.25) is 5.95 Å². The Kier molecular flexibility index (Phi) is 5.61. The first-order valence-corrected chi connectivity index (χ1v) is 12.7. The molecule has 1 aromatic carbocycles. The molecular weight excluding hydrogens is 461 g/mol. The van der Waals surface area contributed by atoms with Gasteiger partial charge in [0.1, 0.15) is 6.17 Å². The Morgan fingerprint density at radius 2 is 1.75 bits per heavy atom. The second-order valence-corrected chi connectivity index (χ2v) is 10.4. The van der Waals surface area contributed by atoms with Crippen molar-refractivity contribution in [3.8, 4) is 16.9 Å². The Bertz CT molecular complexity index is 1290. The zero-order valence-corrected chi connectivity index (χ0v) is 20.4. The van der Waals surface area contributed by atoms with Crippen LogP contribution < -0.4 is 9.80 Å². The van der Waals surface area contributed by atoms with E-state index in [9.17, 15) is 14.5 Å². The number of halogens is 1. The summed E-state index contributed by atoms with van der Waals surface area (Å²) in [5, 5.41) is 16.1. The number of anilines is 2. The molecule has 10 heteroatoms. The van der Waals surface area contributed by atoms with E-state index in [1.165, 1.54) is 18.9 Å². The van der Waals surface area contributed by atoms with Gasteiger partial charge in [-0.05, 0) is 63.0 Å². The van der Waals surface area contributed by atoms with Gasteiger partial charge in [-0.1, -0.05) is 0 Å². The van der Waals surface area contributed by atoms with E-state index in [-0.39, 0.29) is 10.6 Å². The first-order chi connectivity index (χ1) is 17.4. The van der Waals surface area contributed by atoms with Gasteiger partial charge < -0.3 is 9.80 Å². The topological polar surface area (TPSA) is 93.2 Å². The van der Waals surface area contributed by atoms with Gasteiger partial charge in [-0.3, -0.25) is 10.1 Å². The Labute approximate surface area is 209 Å². The van der Waals surface area contributed by atoms with Crippen molar-refractivity contribution in [1.82, 2.24) is 19.7 Å². The van der Waals surface area contributed by atoms with Crippen molar-refractivity contribution in [2.75, 3.05) is 36.0 Å². The zero-order valence-electron chi connectivity index (χ0n) is 20.4. The van der Waals surface area contributed by atoms with E-state index < -0.39 is 6.17 Å². The number of aromatic nitrogens is 4. The van der Waals surface area contributed by atoms with Gasteiger partial charge in [-0.25, -0.2) is 19.0 Å². The van der Waals surface area contributed by atoms with Crippen LogP contribution in [0.3, 0.4) is 0 Å². The molecule has 4 heterocycles. The van der Waals surface area contributed by atoms with Crippen molar-refractivity contribution >= 4 is 17.3 Å². The predicted octanol–water partition coefficient (Wildman–Crippen LogP) is 4.86. The van der Waals surface area contributed by atoms with Gasteiger partial charge in [-0.15, -0.1) is 0 Å². The van der Waals surface area contributed by atoms with Crippen LogP contribution in [-0.4, -0.2) is 57.0 Å². The summed E-state index contributed by atoms with van der Waals surface area (Å²) in [6, 6.07) is 6.91. The van der Waals surface area contributed by atoms with E-state index >= 15 is 0 Å². The summed E-state index contributed by atoms with van der Waals surface area (Å²) in [7, 11) is 0. The largest absolute Gasteiger partial charge is 0.370 e. The SMILES string of the molecule is Cc1cc(-c2cnn(-c3ccc([N+](=O)[O-])cc3N3CCC4(CC3)CC4)c2)nc(N2CCC(F)CC2)n1. The highest BCUT2D eigenvalue weighted by Gasteiger charge is 2.44. The number of nitro benzene ring substituents is 1. The zero-order chi connectivity index (χ0) is 24.9. The summed E-state index contributed by atoms with van der Waals surface area (Å²) in [6.45, 7) is 4.93. The van der Waals surface area contributed by atoms with Crippen molar-refractivity contribution in [2.24, 2.45) is 5.41 Å². The number of rotatable bonds is 5. The minimum Gasteiger partial charge on any atom is -0.370 e. The molecule has 3 fully saturated rings.